The molecule has 146 valence electrons. The Labute approximate surface area is 159 Å². The van der Waals surface area contributed by atoms with E-state index in [2.05, 4.69) is 5.32 Å². The molecule has 0 unspecified atom stereocenters. The predicted octanol–water partition coefficient (Wildman–Crippen LogP) is 2.57. The lowest BCUT2D eigenvalue weighted by Gasteiger charge is -2.34. The average Bonchev–Trinajstić information content (AvgIpc) is 3.21. The van der Waals surface area contributed by atoms with E-state index in [4.69, 9.17) is 5.11 Å². The van der Waals surface area contributed by atoms with Crippen LogP contribution in [0.2, 0.25) is 0 Å². The summed E-state index contributed by atoms with van der Waals surface area (Å²) in [4.78, 5) is 39.3. The number of amides is 3. The number of benzene rings is 1. The van der Waals surface area contributed by atoms with E-state index in [0.29, 0.717) is 32.4 Å². The van der Waals surface area contributed by atoms with Crippen LogP contribution in [0.25, 0.3) is 0 Å². The van der Waals surface area contributed by atoms with Gasteiger partial charge in [0.2, 0.25) is 5.91 Å². The van der Waals surface area contributed by atoms with Crippen LogP contribution in [0, 0.1) is 5.92 Å². The zero-order valence-corrected chi connectivity index (χ0v) is 15.5. The molecule has 7 nitrogen and oxygen atoms in total. The van der Waals surface area contributed by atoms with Gasteiger partial charge >= 0.3 is 12.0 Å². The molecular formula is C20H27N3O4. The van der Waals surface area contributed by atoms with E-state index < -0.39 is 5.97 Å². The van der Waals surface area contributed by atoms with E-state index >= 15 is 0 Å². The van der Waals surface area contributed by atoms with Gasteiger partial charge in [0.15, 0.2) is 0 Å². The number of urea groups is 1. The van der Waals surface area contributed by atoms with Gasteiger partial charge in [0.1, 0.15) is 0 Å². The Morgan fingerprint density at radius 2 is 1.56 bits per heavy atom. The Morgan fingerprint density at radius 1 is 0.963 bits per heavy atom. The summed E-state index contributed by atoms with van der Waals surface area (Å²) in [5, 5.41) is 11.7. The quantitative estimate of drug-likeness (QED) is 0.830. The smallest absolute Gasteiger partial charge is 0.319 e. The van der Waals surface area contributed by atoms with Crippen LogP contribution in [0.3, 0.4) is 0 Å². The van der Waals surface area contributed by atoms with Crippen LogP contribution in [0.1, 0.15) is 37.7 Å². The second kappa shape index (κ2) is 8.88. The molecule has 0 aromatic heterocycles. The number of hydrogen-bond donors (Lipinski definition) is 2. The monoisotopic (exact) mass is 373 g/mol. The first-order chi connectivity index (χ1) is 13.0. The van der Waals surface area contributed by atoms with Crippen molar-refractivity contribution in [3.8, 4) is 0 Å². The van der Waals surface area contributed by atoms with Crippen molar-refractivity contribution < 1.29 is 19.5 Å². The summed E-state index contributed by atoms with van der Waals surface area (Å²) in [6, 6.07) is 7.41. The Bertz CT molecular complexity index is 675. The molecule has 0 radical (unpaired) electrons. The first kappa shape index (κ1) is 19.2. The lowest BCUT2D eigenvalue weighted by molar-refractivity contribution is -0.137. The van der Waals surface area contributed by atoms with Gasteiger partial charge < -0.3 is 20.2 Å². The SMILES string of the molecule is O=C(O)CCc1ccc(NC(=O)C2CCN(C(=O)N3CCCC3)CC2)cc1. The van der Waals surface area contributed by atoms with Crippen molar-refractivity contribution in [1.82, 2.24) is 9.80 Å². The Hall–Kier alpha value is -2.57. The van der Waals surface area contributed by atoms with E-state index in [9.17, 15) is 14.4 Å². The summed E-state index contributed by atoms with van der Waals surface area (Å²) < 4.78 is 0. The van der Waals surface area contributed by atoms with Crippen molar-refractivity contribution >= 4 is 23.6 Å². The van der Waals surface area contributed by atoms with Crippen LogP contribution in [-0.4, -0.2) is 59.0 Å². The Kier molecular flexibility index (Phi) is 6.32. The number of carbonyl (C=O) groups excluding carboxylic acids is 2. The predicted molar refractivity (Wildman–Crippen MR) is 102 cm³/mol. The van der Waals surface area contributed by atoms with E-state index in [1.165, 1.54) is 0 Å². The highest BCUT2D eigenvalue weighted by Crippen LogP contribution is 2.22. The van der Waals surface area contributed by atoms with Crippen LogP contribution >= 0.6 is 0 Å². The first-order valence-electron chi connectivity index (χ1n) is 9.68. The standard InChI is InChI=1S/C20H27N3O4/c24-18(25)8-5-15-3-6-17(7-4-15)21-19(26)16-9-13-23(14-10-16)20(27)22-11-1-2-12-22/h3-4,6-7,16H,1-2,5,8-14H2,(H,21,26)(H,24,25). The number of aryl methyl sites for hydroxylation is 1. The molecule has 3 amide bonds. The Balaban J connectivity index is 1.45. The minimum absolute atomic E-state index is 0.0124. The van der Waals surface area contributed by atoms with Crippen molar-refractivity contribution in [3.63, 3.8) is 0 Å². The van der Waals surface area contributed by atoms with Crippen LogP contribution in [0.4, 0.5) is 10.5 Å². The van der Waals surface area contributed by atoms with Gasteiger partial charge in [-0.3, -0.25) is 9.59 Å². The summed E-state index contributed by atoms with van der Waals surface area (Å²) in [6.07, 6.45) is 4.11. The van der Waals surface area contributed by atoms with Gasteiger partial charge in [-0.25, -0.2) is 4.79 Å². The number of carbonyl (C=O) groups is 3. The van der Waals surface area contributed by atoms with Crippen LogP contribution < -0.4 is 5.32 Å². The number of aliphatic carboxylic acids is 1. The van der Waals surface area contributed by atoms with E-state index in [1.54, 1.807) is 12.1 Å². The van der Waals surface area contributed by atoms with Gasteiger partial charge in [0.25, 0.3) is 0 Å². The minimum Gasteiger partial charge on any atom is -0.481 e. The van der Waals surface area contributed by atoms with Gasteiger partial charge in [0.05, 0.1) is 0 Å². The summed E-state index contributed by atoms with van der Waals surface area (Å²) in [7, 11) is 0. The second-order valence-electron chi connectivity index (χ2n) is 7.32. The number of nitrogens with one attached hydrogen (secondary N) is 1. The molecule has 2 fully saturated rings. The van der Waals surface area contributed by atoms with Crippen LogP contribution in [0.15, 0.2) is 24.3 Å². The number of hydrogen-bond acceptors (Lipinski definition) is 3. The fourth-order valence-corrected chi connectivity index (χ4v) is 3.69. The normalized spacial score (nSPS) is 17.8. The van der Waals surface area contributed by atoms with Crippen molar-refractivity contribution in [2.24, 2.45) is 5.92 Å². The summed E-state index contributed by atoms with van der Waals surface area (Å²) in [6.45, 7) is 2.95. The molecule has 2 saturated heterocycles. The molecule has 0 saturated carbocycles. The number of piperidine rings is 1. The Morgan fingerprint density at radius 3 is 2.15 bits per heavy atom. The molecule has 0 aliphatic carbocycles. The van der Waals surface area contributed by atoms with Gasteiger partial charge in [-0.1, -0.05) is 12.1 Å². The van der Waals surface area contributed by atoms with Gasteiger partial charge in [-0.15, -0.1) is 0 Å². The van der Waals surface area contributed by atoms with E-state index in [1.807, 2.05) is 21.9 Å². The molecule has 1 aromatic rings. The number of anilines is 1. The van der Waals surface area contributed by atoms with E-state index in [0.717, 1.165) is 37.2 Å². The highest BCUT2D eigenvalue weighted by Gasteiger charge is 2.30. The number of carboxylic acids is 1. The molecular weight excluding hydrogens is 346 g/mol. The molecule has 27 heavy (non-hydrogen) atoms. The zero-order chi connectivity index (χ0) is 19.2. The highest BCUT2D eigenvalue weighted by molar-refractivity contribution is 5.92. The molecule has 2 heterocycles. The fourth-order valence-electron chi connectivity index (χ4n) is 3.69. The molecule has 1 aromatic carbocycles. The molecule has 2 aliphatic heterocycles. The summed E-state index contributed by atoms with van der Waals surface area (Å²) >= 11 is 0. The van der Waals surface area contributed by atoms with Crippen LogP contribution in [0.5, 0.6) is 0 Å². The van der Waals surface area contributed by atoms with Crippen molar-refractivity contribution in [2.75, 3.05) is 31.5 Å². The van der Waals surface area contributed by atoms with Gasteiger partial charge in [-0.05, 0) is 49.8 Å². The van der Waals surface area contributed by atoms with Gasteiger partial charge in [0, 0.05) is 44.2 Å². The maximum Gasteiger partial charge on any atom is 0.319 e. The van der Waals surface area contributed by atoms with Gasteiger partial charge in [-0.2, -0.15) is 0 Å². The number of likely N-dealkylation sites (tertiary alicyclic amines) is 2. The maximum atomic E-state index is 12.5. The summed E-state index contributed by atoms with van der Waals surface area (Å²) in [5.41, 5.74) is 1.65. The third-order valence-corrected chi connectivity index (χ3v) is 5.36. The van der Waals surface area contributed by atoms with E-state index in [-0.39, 0.29) is 24.3 Å². The highest BCUT2D eigenvalue weighted by atomic mass is 16.4. The zero-order valence-electron chi connectivity index (χ0n) is 15.5. The topological polar surface area (TPSA) is 90.0 Å². The van der Waals surface area contributed by atoms with Crippen molar-refractivity contribution in [3.05, 3.63) is 29.8 Å². The molecule has 7 heteroatoms. The fraction of sp³-hybridized carbons (Fsp3) is 0.550. The lowest BCUT2D eigenvalue weighted by atomic mass is 9.96. The largest absolute Gasteiger partial charge is 0.481 e. The number of nitrogens with zero attached hydrogens (tertiary/aromatic N) is 2. The number of rotatable bonds is 5. The third kappa shape index (κ3) is 5.21. The van der Waals surface area contributed by atoms with Crippen molar-refractivity contribution in [2.45, 2.75) is 38.5 Å². The van der Waals surface area contributed by atoms with Crippen LogP contribution in [-0.2, 0) is 16.0 Å². The molecule has 2 aliphatic rings. The molecule has 3 rings (SSSR count). The third-order valence-electron chi connectivity index (χ3n) is 5.36. The lowest BCUT2D eigenvalue weighted by Crippen LogP contribution is -2.47. The second-order valence-corrected chi connectivity index (χ2v) is 7.32. The maximum absolute atomic E-state index is 12.5. The summed E-state index contributed by atoms with van der Waals surface area (Å²) in [5.74, 6) is -0.914. The molecule has 0 bridgehead atoms. The molecule has 0 spiro atoms. The number of carboxylic acid groups (broad SMARTS) is 1. The van der Waals surface area contributed by atoms with Crippen molar-refractivity contribution in [1.29, 1.82) is 0 Å². The first-order valence-corrected chi connectivity index (χ1v) is 9.68. The molecule has 2 N–H and O–H groups in total. The minimum atomic E-state index is -0.818. The average molecular weight is 373 g/mol. The molecule has 0 atom stereocenters.